The molecule has 2 heterocycles. The Kier molecular flexibility index (Phi) is 4.77. The summed E-state index contributed by atoms with van der Waals surface area (Å²) in [6, 6.07) is 0. The first-order valence-corrected chi connectivity index (χ1v) is 7.87. The van der Waals surface area contributed by atoms with Crippen molar-refractivity contribution in [3.63, 3.8) is 0 Å². The average Bonchev–Trinajstić information content (AvgIpc) is 2.76. The molecule has 1 aliphatic rings. The average molecular weight is 316 g/mol. The maximum atomic E-state index is 12.1. The SMILES string of the molecule is CC(CC(=O)c1cscc1Br)C1CCCNC1. The molecule has 2 atom stereocenters. The number of piperidine rings is 1. The Labute approximate surface area is 115 Å². The van der Waals surface area contributed by atoms with E-state index in [-0.39, 0.29) is 5.78 Å². The van der Waals surface area contributed by atoms with Gasteiger partial charge in [-0.2, -0.15) is 11.3 Å². The molecule has 2 unspecified atom stereocenters. The Morgan fingerprint density at radius 3 is 3.06 bits per heavy atom. The van der Waals surface area contributed by atoms with E-state index < -0.39 is 0 Å². The predicted octanol–water partition coefficient (Wildman–Crippen LogP) is 3.72. The van der Waals surface area contributed by atoms with Crippen LogP contribution >= 0.6 is 27.3 Å². The van der Waals surface area contributed by atoms with Crippen LogP contribution in [-0.4, -0.2) is 18.9 Å². The lowest BCUT2D eigenvalue weighted by Crippen LogP contribution is -2.34. The largest absolute Gasteiger partial charge is 0.316 e. The van der Waals surface area contributed by atoms with E-state index in [1.165, 1.54) is 12.8 Å². The van der Waals surface area contributed by atoms with Crippen LogP contribution in [0.2, 0.25) is 0 Å². The van der Waals surface area contributed by atoms with Gasteiger partial charge in [-0.15, -0.1) is 0 Å². The molecule has 0 radical (unpaired) electrons. The molecule has 2 rings (SSSR count). The summed E-state index contributed by atoms with van der Waals surface area (Å²) in [6.45, 7) is 4.41. The third kappa shape index (κ3) is 3.39. The topological polar surface area (TPSA) is 29.1 Å². The minimum Gasteiger partial charge on any atom is -0.316 e. The molecule has 94 valence electrons. The Morgan fingerprint density at radius 2 is 2.47 bits per heavy atom. The van der Waals surface area contributed by atoms with E-state index in [0.29, 0.717) is 18.3 Å². The quantitative estimate of drug-likeness (QED) is 0.858. The molecule has 4 heteroatoms. The van der Waals surface area contributed by atoms with Crippen LogP contribution in [0.4, 0.5) is 0 Å². The molecule has 1 aromatic rings. The van der Waals surface area contributed by atoms with E-state index in [0.717, 1.165) is 23.1 Å². The second kappa shape index (κ2) is 6.12. The smallest absolute Gasteiger partial charge is 0.165 e. The third-order valence-electron chi connectivity index (χ3n) is 3.56. The maximum Gasteiger partial charge on any atom is 0.165 e. The second-order valence-corrected chi connectivity index (χ2v) is 6.44. The Bertz CT molecular complexity index is 385. The number of hydrogen-bond acceptors (Lipinski definition) is 3. The van der Waals surface area contributed by atoms with Crippen LogP contribution in [0.5, 0.6) is 0 Å². The number of nitrogens with one attached hydrogen (secondary N) is 1. The summed E-state index contributed by atoms with van der Waals surface area (Å²) >= 11 is 5.01. The van der Waals surface area contributed by atoms with Crippen LogP contribution in [0.1, 0.15) is 36.5 Å². The molecular weight excluding hydrogens is 298 g/mol. The number of carbonyl (C=O) groups is 1. The fraction of sp³-hybridized carbons (Fsp3) is 0.615. The third-order valence-corrected chi connectivity index (χ3v) is 5.26. The van der Waals surface area contributed by atoms with Gasteiger partial charge in [-0.1, -0.05) is 6.92 Å². The van der Waals surface area contributed by atoms with Gasteiger partial charge in [-0.25, -0.2) is 0 Å². The van der Waals surface area contributed by atoms with Crippen LogP contribution in [-0.2, 0) is 0 Å². The molecule has 0 aliphatic carbocycles. The fourth-order valence-corrected chi connectivity index (χ4v) is 3.93. The highest BCUT2D eigenvalue weighted by Crippen LogP contribution is 2.27. The predicted molar refractivity (Wildman–Crippen MR) is 75.7 cm³/mol. The molecule has 0 bridgehead atoms. The zero-order chi connectivity index (χ0) is 12.3. The van der Waals surface area contributed by atoms with E-state index in [9.17, 15) is 4.79 Å². The number of thiophene rings is 1. The zero-order valence-corrected chi connectivity index (χ0v) is 12.4. The van der Waals surface area contributed by atoms with Gasteiger partial charge in [0.1, 0.15) is 0 Å². The number of Topliss-reactive ketones (excluding diaryl/α,β-unsaturated/α-hetero) is 1. The molecule has 2 nitrogen and oxygen atoms in total. The van der Waals surface area contributed by atoms with Gasteiger partial charge in [-0.3, -0.25) is 4.79 Å². The maximum absolute atomic E-state index is 12.1. The van der Waals surface area contributed by atoms with Gasteiger partial charge in [0.2, 0.25) is 0 Å². The van der Waals surface area contributed by atoms with Crippen LogP contribution in [0, 0.1) is 11.8 Å². The highest BCUT2D eigenvalue weighted by molar-refractivity contribution is 9.10. The van der Waals surface area contributed by atoms with E-state index in [4.69, 9.17) is 0 Å². The van der Waals surface area contributed by atoms with E-state index in [1.807, 2.05) is 10.8 Å². The number of carbonyl (C=O) groups excluding carboxylic acids is 1. The molecule has 1 fully saturated rings. The van der Waals surface area contributed by atoms with Crippen LogP contribution in [0.3, 0.4) is 0 Å². The molecular formula is C13H18BrNOS. The second-order valence-electron chi connectivity index (χ2n) is 4.84. The van der Waals surface area contributed by atoms with E-state index >= 15 is 0 Å². The molecule has 0 amide bonds. The van der Waals surface area contributed by atoms with Gasteiger partial charge in [0.25, 0.3) is 0 Å². The highest BCUT2D eigenvalue weighted by atomic mass is 79.9. The number of rotatable bonds is 4. The molecule has 1 aliphatic heterocycles. The Hall–Kier alpha value is -0.190. The molecule has 0 aromatic carbocycles. The van der Waals surface area contributed by atoms with Gasteiger partial charge >= 0.3 is 0 Å². The van der Waals surface area contributed by atoms with E-state index in [1.54, 1.807) is 11.3 Å². The Balaban J connectivity index is 1.92. The molecule has 0 saturated carbocycles. The van der Waals surface area contributed by atoms with Crippen molar-refractivity contribution < 1.29 is 4.79 Å². The first kappa shape index (κ1) is 13.2. The van der Waals surface area contributed by atoms with Crippen molar-refractivity contribution in [3.05, 3.63) is 20.8 Å². The normalized spacial score (nSPS) is 22.4. The van der Waals surface area contributed by atoms with Crippen molar-refractivity contribution >= 4 is 33.0 Å². The van der Waals surface area contributed by atoms with Crippen LogP contribution in [0.25, 0.3) is 0 Å². The summed E-state index contributed by atoms with van der Waals surface area (Å²) in [5.41, 5.74) is 0.852. The van der Waals surface area contributed by atoms with Crippen LogP contribution < -0.4 is 5.32 Å². The number of halogens is 1. The van der Waals surface area contributed by atoms with E-state index in [2.05, 4.69) is 28.2 Å². The van der Waals surface area contributed by atoms with Gasteiger partial charge in [0, 0.05) is 27.2 Å². The lowest BCUT2D eigenvalue weighted by atomic mass is 9.84. The van der Waals surface area contributed by atoms with Crippen molar-refractivity contribution in [3.8, 4) is 0 Å². The molecule has 1 saturated heterocycles. The summed E-state index contributed by atoms with van der Waals surface area (Å²) in [5.74, 6) is 1.41. The lowest BCUT2D eigenvalue weighted by Gasteiger charge is -2.27. The lowest BCUT2D eigenvalue weighted by molar-refractivity contribution is 0.0942. The summed E-state index contributed by atoms with van der Waals surface area (Å²) < 4.78 is 0.946. The summed E-state index contributed by atoms with van der Waals surface area (Å²) in [5, 5.41) is 7.33. The van der Waals surface area contributed by atoms with Crippen molar-refractivity contribution in [1.82, 2.24) is 5.32 Å². The zero-order valence-electron chi connectivity index (χ0n) is 10.0. The highest BCUT2D eigenvalue weighted by Gasteiger charge is 2.23. The minimum absolute atomic E-state index is 0.274. The molecule has 17 heavy (non-hydrogen) atoms. The van der Waals surface area contributed by atoms with Crippen LogP contribution in [0.15, 0.2) is 15.2 Å². The van der Waals surface area contributed by atoms with Gasteiger partial charge < -0.3 is 5.32 Å². The summed E-state index contributed by atoms with van der Waals surface area (Å²) in [6.07, 6.45) is 3.17. The van der Waals surface area contributed by atoms with Crippen molar-refractivity contribution in [2.75, 3.05) is 13.1 Å². The standard InChI is InChI=1S/C13H18BrNOS/c1-9(10-3-2-4-15-6-10)5-13(16)11-7-17-8-12(11)14/h7-10,15H,2-6H2,1H3. The monoisotopic (exact) mass is 315 g/mol. The summed E-state index contributed by atoms with van der Waals surface area (Å²) in [7, 11) is 0. The molecule has 1 aromatic heterocycles. The van der Waals surface area contributed by atoms with Crippen molar-refractivity contribution in [2.45, 2.75) is 26.2 Å². The Morgan fingerprint density at radius 1 is 1.65 bits per heavy atom. The number of hydrogen-bond donors (Lipinski definition) is 1. The van der Waals surface area contributed by atoms with Crippen molar-refractivity contribution in [2.24, 2.45) is 11.8 Å². The minimum atomic E-state index is 0.274. The summed E-state index contributed by atoms with van der Waals surface area (Å²) in [4.78, 5) is 12.1. The van der Waals surface area contributed by atoms with Gasteiger partial charge in [0.05, 0.1) is 0 Å². The first-order valence-electron chi connectivity index (χ1n) is 6.14. The number of ketones is 1. The molecule has 0 spiro atoms. The van der Waals surface area contributed by atoms with Gasteiger partial charge in [0.15, 0.2) is 5.78 Å². The van der Waals surface area contributed by atoms with Gasteiger partial charge in [-0.05, 0) is 53.7 Å². The van der Waals surface area contributed by atoms with Crippen molar-refractivity contribution in [1.29, 1.82) is 0 Å². The fourth-order valence-electron chi connectivity index (χ4n) is 2.41. The first-order chi connectivity index (χ1) is 8.18. The molecule has 1 N–H and O–H groups in total.